The Kier molecular flexibility index (Phi) is 3.76. The van der Waals surface area contributed by atoms with Gasteiger partial charge in [-0.3, -0.25) is 4.79 Å². The zero-order valence-electron chi connectivity index (χ0n) is 10.1. The summed E-state index contributed by atoms with van der Waals surface area (Å²) in [5.74, 6) is 0.0444. The van der Waals surface area contributed by atoms with Gasteiger partial charge in [-0.05, 0) is 29.2 Å². The molecule has 0 fully saturated rings. The minimum Gasteiger partial charge on any atom is -0.356 e. The molecule has 0 radical (unpaired) electrons. The summed E-state index contributed by atoms with van der Waals surface area (Å²) in [6, 6.07) is 14.8. The van der Waals surface area contributed by atoms with Crippen LogP contribution >= 0.6 is 0 Å². The number of carbonyl (C=O) groups is 1. The first-order chi connectivity index (χ1) is 8.27. The SMILES string of the molecule is CC(=O)NCCCc1cccc2ccccc12. The summed E-state index contributed by atoms with van der Waals surface area (Å²) in [7, 11) is 0. The maximum Gasteiger partial charge on any atom is 0.216 e. The maximum atomic E-state index is 10.8. The molecule has 2 rings (SSSR count). The number of nitrogens with one attached hydrogen (secondary N) is 1. The smallest absolute Gasteiger partial charge is 0.216 e. The van der Waals surface area contributed by atoms with Crippen molar-refractivity contribution >= 4 is 16.7 Å². The Labute approximate surface area is 102 Å². The highest BCUT2D eigenvalue weighted by Crippen LogP contribution is 2.19. The number of rotatable bonds is 4. The number of carbonyl (C=O) groups excluding carboxylic acids is 1. The highest BCUT2D eigenvalue weighted by Gasteiger charge is 2.00. The second-order valence-electron chi connectivity index (χ2n) is 4.22. The highest BCUT2D eigenvalue weighted by molar-refractivity contribution is 5.85. The molecule has 0 bridgehead atoms. The molecule has 1 N–H and O–H groups in total. The molecule has 0 aliphatic carbocycles. The van der Waals surface area contributed by atoms with Crippen molar-refractivity contribution in [3.05, 3.63) is 48.0 Å². The molecule has 1 amide bonds. The van der Waals surface area contributed by atoms with E-state index in [1.807, 2.05) is 0 Å². The average Bonchev–Trinajstić information content (AvgIpc) is 2.34. The lowest BCUT2D eigenvalue weighted by atomic mass is 10.0. The number of aryl methyl sites for hydroxylation is 1. The first-order valence-corrected chi connectivity index (χ1v) is 5.98. The van der Waals surface area contributed by atoms with Gasteiger partial charge in [0.1, 0.15) is 0 Å². The van der Waals surface area contributed by atoms with Crippen LogP contribution in [0.15, 0.2) is 42.5 Å². The van der Waals surface area contributed by atoms with Crippen molar-refractivity contribution in [3.63, 3.8) is 0 Å². The van der Waals surface area contributed by atoms with Crippen LogP contribution in [0.2, 0.25) is 0 Å². The van der Waals surface area contributed by atoms with Crippen molar-refractivity contribution in [1.82, 2.24) is 5.32 Å². The molecular weight excluding hydrogens is 210 g/mol. The van der Waals surface area contributed by atoms with E-state index in [0.29, 0.717) is 0 Å². The number of benzene rings is 2. The summed E-state index contributed by atoms with van der Waals surface area (Å²) in [6.07, 6.45) is 1.98. The van der Waals surface area contributed by atoms with E-state index in [0.717, 1.165) is 19.4 Å². The summed E-state index contributed by atoms with van der Waals surface area (Å²) in [4.78, 5) is 10.8. The zero-order chi connectivity index (χ0) is 12.1. The van der Waals surface area contributed by atoms with E-state index in [4.69, 9.17) is 0 Å². The summed E-state index contributed by atoms with van der Waals surface area (Å²) in [5.41, 5.74) is 1.36. The third kappa shape index (κ3) is 3.06. The Balaban J connectivity index is 2.05. The fourth-order valence-electron chi connectivity index (χ4n) is 2.05. The van der Waals surface area contributed by atoms with E-state index in [1.165, 1.54) is 16.3 Å². The van der Waals surface area contributed by atoms with Crippen molar-refractivity contribution < 1.29 is 4.79 Å². The molecular formula is C15H17NO. The highest BCUT2D eigenvalue weighted by atomic mass is 16.1. The van der Waals surface area contributed by atoms with E-state index in [1.54, 1.807) is 6.92 Å². The third-order valence-electron chi connectivity index (χ3n) is 2.88. The van der Waals surface area contributed by atoms with Crippen LogP contribution < -0.4 is 5.32 Å². The van der Waals surface area contributed by atoms with Gasteiger partial charge in [0, 0.05) is 13.5 Å². The lowest BCUT2D eigenvalue weighted by Crippen LogP contribution is -2.21. The molecule has 0 unspecified atom stereocenters. The van der Waals surface area contributed by atoms with Crippen molar-refractivity contribution in [2.45, 2.75) is 19.8 Å². The summed E-state index contributed by atoms with van der Waals surface area (Å²) in [5, 5.41) is 5.42. The van der Waals surface area contributed by atoms with Crippen LogP contribution in [0.5, 0.6) is 0 Å². The van der Waals surface area contributed by atoms with Gasteiger partial charge >= 0.3 is 0 Å². The third-order valence-corrected chi connectivity index (χ3v) is 2.88. The van der Waals surface area contributed by atoms with Crippen LogP contribution in [0, 0.1) is 0 Å². The van der Waals surface area contributed by atoms with Gasteiger partial charge in [-0.1, -0.05) is 42.5 Å². The molecule has 0 saturated carbocycles. The first kappa shape index (κ1) is 11.6. The molecule has 0 heterocycles. The van der Waals surface area contributed by atoms with E-state index in [-0.39, 0.29) is 5.91 Å². The second kappa shape index (κ2) is 5.48. The number of hydrogen-bond acceptors (Lipinski definition) is 1. The molecule has 0 spiro atoms. The van der Waals surface area contributed by atoms with Crippen LogP contribution in [-0.2, 0) is 11.2 Å². The Hall–Kier alpha value is -1.83. The van der Waals surface area contributed by atoms with Crippen LogP contribution in [0.1, 0.15) is 18.9 Å². The molecule has 0 atom stereocenters. The molecule has 2 aromatic rings. The number of hydrogen-bond donors (Lipinski definition) is 1. The normalized spacial score (nSPS) is 10.4. The second-order valence-corrected chi connectivity index (χ2v) is 4.22. The fraction of sp³-hybridized carbons (Fsp3) is 0.267. The predicted octanol–water partition coefficient (Wildman–Crippen LogP) is 2.91. The van der Waals surface area contributed by atoms with E-state index < -0.39 is 0 Å². The fourth-order valence-corrected chi connectivity index (χ4v) is 2.05. The van der Waals surface area contributed by atoms with Gasteiger partial charge in [-0.15, -0.1) is 0 Å². The standard InChI is InChI=1S/C15H17NO/c1-12(17)16-11-5-9-14-8-4-7-13-6-2-3-10-15(13)14/h2-4,6-8,10H,5,9,11H2,1H3,(H,16,17). The molecule has 0 aliphatic heterocycles. The van der Waals surface area contributed by atoms with Crippen LogP contribution in [0.3, 0.4) is 0 Å². The van der Waals surface area contributed by atoms with Crippen molar-refractivity contribution in [1.29, 1.82) is 0 Å². The van der Waals surface area contributed by atoms with Gasteiger partial charge in [-0.2, -0.15) is 0 Å². The molecule has 2 aromatic carbocycles. The Morgan fingerprint density at radius 3 is 2.71 bits per heavy atom. The lowest BCUT2D eigenvalue weighted by Gasteiger charge is -2.06. The minimum absolute atomic E-state index is 0.0444. The van der Waals surface area contributed by atoms with Crippen molar-refractivity contribution in [2.75, 3.05) is 6.54 Å². The summed E-state index contributed by atoms with van der Waals surface area (Å²) in [6.45, 7) is 2.30. The van der Waals surface area contributed by atoms with Gasteiger partial charge in [0.15, 0.2) is 0 Å². The van der Waals surface area contributed by atoms with Gasteiger partial charge < -0.3 is 5.32 Å². The Morgan fingerprint density at radius 1 is 1.12 bits per heavy atom. The zero-order valence-corrected chi connectivity index (χ0v) is 10.1. The minimum atomic E-state index is 0.0444. The predicted molar refractivity (Wildman–Crippen MR) is 71.0 cm³/mol. The molecule has 0 aliphatic rings. The van der Waals surface area contributed by atoms with Gasteiger partial charge in [-0.25, -0.2) is 0 Å². The summed E-state index contributed by atoms with van der Waals surface area (Å²) >= 11 is 0. The molecule has 2 heteroatoms. The van der Waals surface area contributed by atoms with Crippen molar-refractivity contribution in [2.24, 2.45) is 0 Å². The van der Waals surface area contributed by atoms with Crippen molar-refractivity contribution in [3.8, 4) is 0 Å². The first-order valence-electron chi connectivity index (χ1n) is 5.98. The number of amides is 1. The topological polar surface area (TPSA) is 29.1 Å². The van der Waals surface area contributed by atoms with Gasteiger partial charge in [0.25, 0.3) is 0 Å². The van der Waals surface area contributed by atoms with Crippen LogP contribution in [0.4, 0.5) is 0 Å². The Bertz CT molecular complexity index is 514. The van der Waals surface area contributed by atoms with Crippen LogP contribution in [0.25, 0.3) is 10.8 Å². The van der Waals surface area contributed by atoms with E-state index in [2.05, 4.69) is 47.8 Å². The average molecular weight is 227 g/mol. The molecule has 17 heavy (non-hydrogen) atoms. The van der Waals surface area contributed by atoms with Crippen LogP contribution in [-0.4, -0.2) is 12.5 Å². The quantitative estimate of drug-likeness (QED) is 0.799. The van der Waals surface area contributed by atoms with E-state index in [9.17, 15) is 4.79 Å². The van der Waals surface area contributed by atoms with Gasteiger partial charge in [0.2, 0.25) is 5.91 Å². The van der Waals surface area contributed by atoms with E-state index >= 15 is 0 Å². The lowest BCUT2D eigenvalue weighted by molar-refractivity contribution is -0.118. The monoisotopic (exact) mass is 227 g/mol. The molecule has 88 valence electrons. The Morgan fingerprint density at radius 2 is 1.88 bits per heavy atom. The molecule has 0 saturated heterocycles. The van der Waals surface area contributed by atoms with Gasteiger partial charge in [0.05, 0.1) is 0 Å². The summed E-state index contributed by atoms with van der Waals surface area (Å²) < 4.78 is 0. The number of fused-ring (bicyclic) bond motifs is 1. The molecule has 2 nitrogen and oxygen atoms in total. The molecule has 0 aromatic heterocycles. The largest absolute Gasteiger partial charge is 0.356 e. The maximum absolute atomic E-state index is 10.8.